The van der Waals surface area contributed by atoms with Crippen LogP contribution in [0.1, 0.15) is 22.7 Å². The standard InChI is InChI=1S/C20H24F2N2O2/c1-13-6-5-7-19(14(13)2)26-12-20(25)23-11-18(24(3)4)16-9-8-15(21)10-17(16)22/h5-10,18H,11-12H2,1-4H3,(H,23,25)/t18-/m1/s1. The van der Waals surface area contributed by atoms with E-state index in [4.69, 9.17) is 4.74 Å². The SMILES string of the molecule is Cc1cccc(OCC(=O)NC[C@H](c2ccc(F)cc2F)N(C)C)c1C. The Kier molecular flexibility index (Phi) is 6.69. The largest absolute Gasteiger partial charge is 0.483 e. The number of carbonyl (C=O) groups excluding carboxylic acids is 1. The van der Waals surface area contributed by atoms with Gasteiger partial charge in [-0.25, -0.2) is 8.78 Å². The number of likely N-dealkylation sites (N-methyl/N-ethyl adjacent to an activating group) is 1. The van der Waals surface area contributed by atoms with Crippen LogP contribution in [-0.2, 0) is 4.79 Å². The van der Waals surface area contributed by atoms with E-state index in [0.717, 1.165) is 17.2 Å². The van der Waals surface area contributed by atoms with E-state index in [1.165, 1.54) is 12.1 Å². The Morgan fingerprint density at radius 3 is 2.58 bits per heavy atom. The number of ether oxygens (including phenoxy) is 1. The van der Waals surface area contributed by atoms with Crippen molar-refractivity contribution in [3.05, 3.63) is 64.7 Å². The molecule has 2 rings (SSSR count). The van der Waals surface area contributed by atoms with Gasteiger partial charge in [0, 0.05) is 18.2 Å². The summed E-state index contributed by atoms with van der Waals surface area (Å²) >= 11 is 0. The van der Waals surface area contributed by atoms with Gasteiger partial charge in [0.05, 0.1) is 6.04 Å². The third-order valence-corrected chi connectivity index (χ3v) is 4.35. The van der Waals surface area contributed by atoms with Gasteiger partial charge in [-0.1, -0.05) is 18.2 Å². The number of halogens is 2. The van der Waals surface area contributed by atoms with Crippen LogP contribution in [0.2, 0.25) is 0 Å². The first kappa shape index (κ1) is 19.8. The summed E-state index contributed by atoms with van der Waals surface area (Å²) in [4.78, 5) is 13.9. The molecule has 4 nitrogen and oxygen atoms in total. The predicted molar refractivity (Wildman–Crippen MR) is 97.2 cm³/mol. The fourth-order valence-corrected chi connectivity index (χ4v) is 2.63. The second kappa shape index (κ2) is 8.76. The van der Waals surface area contributed by atoms with E-state index < -0.39 is 17.7 Å². The molecule has 0 aromatic heterocycles. The number of hydrogen-bond donors (Lipinski definition) is 1. The first-order valence-corrected chi connectivity index (χ1v) is 8.36. The molecule has 0 unspecified atom stereocenters. The average molecular weight is 362 g/mol. The number of amides is 1. The number of nitrogens with zero attached hydrogens (tertiary/aromatic N) is 1. The van der Waals surface area contributed by atoms with Crippen molar-refractivity contribution in [3.8, 4) is 5.75 Å². The van der Waals surface area contributed by atoms with E-state index in [-0.39, 0.29) is 19.1 Å². The van der Waals surface area contributed by atoms with Crippen molar-refractivity contribution < 1.29 is 18.3 Å². The lowest BCUT2D eigenvalue weighted by Gasteiger charge is -2.25. The van der Waals surface area contributed by atoms with Crippen LogP contribution in [0.3, 0.4) is 0 Å². The van der Waals surface area contributed by atoms with Gasteiger partial charge in [-0.05, 0) is 51.2 Å². The maximum atomic E-state index is 14.0. The summed E-state index contributed by atoms with van der Waals surface area (Å²) in [6.07, 6.45) is 0. The Balaban J connectivity index is 1.96. The van der Waals surface area contributed by atoms with Crippen LogP contribution in [0.4, 0.5) is 8.78 Å². The van der Waals surface area contributed by atoms with Gasteiger partial charge < -0.3 is 15.0 Å². The third-order valence-electron chi connectivity index (χ3n) is 4.35. The van der Waals surface area contributed by atoms with Crippen molar-refractivity contribution in [3.63, 3.8) is 0 Å². The van der Waals surface area contributed by atoms with Crippen LogP contribution < -0.4 is 10.1 Å². The van der Waals surface area contributed by atoms with Crippen LogP contribution in [0, 0.1) is 25.5 Å². The van der Waals surface area contributed by atoms with Gasteiger partial charge in [-0.15, -0.1) is 0 Å². The van der Waals surface area contributed by atoms with E-state index in [0.29, 0.717) is 11.3 Å². The Labute approximate surface area is 152 Å². The van der Waals surface area contributed by atoms with Crippen LogP contribution >= 0.6 is 0 Å². The number of benzene rings is 2. The fraction of sp³-hybridized carbons (Fsp3) is 0.350. The highest BCUT2D eigenvalue weighted by Crippen LogP contribution is 2.22. The summed E-state index contributed by atoms with van der Waals surface area (Å²) < 4.78 is 32.7. The monoisotopic (exact) mass is 362 g/mol. The van der Waals surface area contributed by atoms with Gasteiger partial charge in [0.25, 0.3) is 5.91 Å². The summed E-state index contributed by atoms with van der Waals surface area (Å²) in [6.45, 7) is 3.96. The van der Waals surface area contributed by atoms with E-state index in [1.54, 1.807) is 19.0 Å². The Hall–Kier alpha value is -2.47. The van der Waals surface area contributed by atoms with Gasteiger partial charge in [-0.3, -0.25) is 4.79 Å². The van der Waals surface area contributed by atoms with Gasteiger partial charge in [-0.2, -0.15) is 0 Å². The molecule has 0 saturated carbocycles. The zero-order chi connectivity index (χ0) is 19.3. The molecule has 0 spiro atoms. The van der Waals surface area contributed by atoms with Gasteiger partial charge >= 0.3 is 0 Å². The first-order chi connectivity index (χ1) is 12.3. The number of nitrogens with one attached hydrogen (secondary N) is 1. The topological polar surface area (TPSA) is 41.6 Å². The van der Waals surface area contributed by atoms with E-state index >= 15 is 0 Å². The molecule has 1 N–H and O–H groups in total. The van der Waals surface area contributed by atoms with E-state index in [1.807, 2.05) is 32.0 Å². The summed E-state index contributed by atoms with van der Waals surface area (Å²) in [5.41, 5.74) is 2.40. The first-order valence-electron chi connectivity index (χ1n) is 8.36. The number of hydrogen-bond acceptors (Lipinski definition) is 3. The van der Waals surface area contributed by atoms with E-state index in [2.05, 4.69) is 5.32 Å². The molecule has 0 saturated heterocycles. The number of aryl methyl sites for hydroxylation is 1. The summed E-state index contributed by atoms with van der Waals surface area (Å²) in [6, 6.07) is 8.69. The maximum Gasteiger partial charge on any atom is 0.258 e. The van der Waals surface area contributed by atoms with Crippen molar-refractivity contribution in [2.75, 3.05) is 27.2 Å². The molecule has 2 aromatic rings. The maximum absolute atomic E-state index is 14.0. The normalized spacial score (nSPS) is 12.1. The molecule has 0 aliphatic carbocycles. The van der Waals surface area contributed by atoms with E-state index in [9.17, 15) is 13.6 Å². The van der Waals surface area contributed by atoms with Crippen molar-refractivity contribution in [2.45, 2.75) is 19.9 Å². The molecule has 0 fully saturated rings. The summed E-state index contributed by atoms with van der Waals surface area (Å²) in [5.74, 6) is -0.909. The molecule has 0 bridgehead atoms. The van der Waals surface area contributed by atoms with Crippen LogP contribution in [-0.4, -0.2) is 38.1 Å². The fourth-order valence-electron chi connectivity index (χ4n) is 2.63. The predicted octanol–water partition coefficient (Wildman–Crippen LogP) is 3.38. The highest BCUT2D eigenvalue weighted by molar-refractivity contribution is 5.77. The Morgan fingerprint density at radius 1 is 1.19 bits per heavy atom. The van der Waals surface area contributed by atoms with Crippen LogP contribution in [0.25, 0.3) is 0 Å². The minimum Gasteiger partial charge on any atom is -0.483 e. The molecular weight excluding hydrogens is 338 g/mol. The highest BCUT2D eigenvalue weighted by atomic mass is 19.1. The van der Waals surface area contributed by atoms with Gasteiger partial charge in [0.2, 0.25) is 0 Å². The molecule has 0 heterocycles. The minimum absolute atomic E-state index is 0.129. The molecule has 0 radical (unpaired) electrons. The van der Waals surface area contributed by atoms with Crippen molar-refractivity contribution in [2.24, 2.45) is 0 Å². The molecule has 1 amide bonds. The quantitative estimate of drug-likeness (QED) is 0.821. The summed E-state index contributed by atoms with van der Waals surface area (Å²) in [7, 11) is 3.54. The van der Waals surface area contributed by atoms with Crippen LogP contribution in [0.5, 0.6) is 5.75 Å². The lowest BCUT2D eigenvalue weighted by Crippen LogP contribution is -2.37. The van der Waals surface area contributed by atoms with Gasteiger partial charge in [0.1, 0.15) is 17.4 Å². The lowest BCUT2D eigenvalue weighted by atomic mass is 10.1. The molecule has 1 atom stereocenters. The van der Waals surface area contributed by atoms with Gasteiger partial charge in [0.15, 0.2) is 6.61 Å². The molecular formula is C20H24F2N2O2. The zero-order valence-electron chi connectivity index (χ0n) is 15.5. The highest BCUT2D eigenvalue weighted by Gasteiger charge is 2.19. The van der Waals surface area contributed by atoms with Crippen molar-refractivity contribution in [1.82, 2.24) is 10.2 Å². The Bertz CT molecular complexity index is 778. The molecule has 26 heavy (non-hydrogen) atoms. The van der Waals surface area contributed by atoms with Crippen molar-refractivity contribution >= 4 is 5.91 Å². The molecule has 0 aliphatic rings. The number of rotatable bonds is 7. The third kappa shape index (κ3) is 5.02. The smallest absolute Gasteiger partial charge is 0.258 e. The Morgan fingerprint density at radius 2 is 1.92 bits per heavy atom. The lowest BCUT2D eigenvalue weighted by molar-refractivity contribution is -0.123. The second-order valence-electron chi connectivity index (χ2n) is 6.44. The number of carbonyl (C=O) groups is 1. The van der Waals surface area contributed by atoms with Crippen molar-refractivity contribution in [1.29, 1.82) is 0 Å². The minimum atomic E-state index is -0.635. The second-order valence-corrected chi connectivity index (χ2v) is 6.44. The van der Waals surface area contributed by atoms with Crippen LogP contribution in [0.15, 0.2) is 36.4 Å². The molecule has 2 aromatic carbocycles. The molecule has 140 valence electrons. The molecule has 0 aliphatic heterocycles. The molecule has 6 heteroatoms. The summed E-state index contributed by atoms with van der Waals surface area (Å²) in [5, 5.41) is 2.74. The average Bonchev–Trinajstić information content (AvgIpc) is 2.57. The zero-order valence-corrected chi connectivity index (χ0v) is 15.5.